The summed E-state index contributed by atoms with van der Waals surface area (Å²) in [6.07, 6.45) is 2.06. The van der Waals surface area contributed by atoms with Crippen LogP contribution in [0.15, 0.2) is 6.07 Å². The molecule has 1 unspecified atom stereocenters. The van der Waals surface area contributed by atoms with Gasteiger partial charge in [-0.3, -0.25) is 4.79 Å². The first kappa shape index (κ1) is 12.6. The summed E-state index contributed by atoms with van der Waals surface area (Å²) < 4.78 is 0. The Morgan fingerprint density at radius 2 is 2.29 bits per heavy atom. The maximum atomic E-state index is 12.1. The lowest BCUT2D eigenvalue weighted by atomic mass is 10.1. The fourth-order valence-corrected chi connectivity index (χ4v) is 3.35. The number of aryl methyl sites for hydroxylation is 2. The van der Waals surface area contributed by atoms with Crippen LogP contribution in [0.2, 0.25) is 0 Å². The Bertz CT molecular complexity index is 394. The third-order valence-electron chi connectivity index (χ3n) is 3.44. The number of nitrogens with zero attached hydrogens (tertiary/aromatic N) is 1. The van der Waals surface area contributed by atoms with Crippen molar-refractivity contribution in [1.82, 2.24) is 10.2 Å². The Hall–Kier alpha value is -0.870. The molecule has 2 rings (SSSR count). The summed E-state index contributed by atoms with van der Waals surface area (Å²) in [5.41, 5.74) is 1.33. The van der Waals surface area contributed by atoms with Crippen LogP contribution in [0.3, 0.4) is 0 Å². The highest BCUT2D eigenvalue weighted by atomic mass is 32.1. The number of likely N-dealkylation sites (N-methyl/N-ethyl adjacent to an activating group) is 1. The molecular weight excluding hydrogens is 232 g/mol. The molecule has 0 bridgehead atoms. The Morgan fingerprint density at radius 3 is 2.88 bits per heavy atom. The molecule has 2 heterocycles. The summed E-state index contributed by atoms with van der Waals surface area (Å²) in [7, 11) is 1.87. The topological polar surface area (TPSA) is 32.3 Å². The minimum Gasteiger partial charge on any atom is -0.336 e. The lowest BCUT2D eigenvalue weighted by Crippen LogP contribution is -2.49. The van der Waals surface area contributed by atoms with Crippen molar-refractivity contribution < 1.29 is 4.79 Å². The second-order valence-corrected chi connectivity index (χ2v) is 6.04. The van der Waals surface area contributed by atoms with E-state index >= 15 is 0 Å². The van der Waals surface area contributed by atoms with E-state index in [1.165, 1.54) is 15.3 Å². The first-order valence-electron chi connectivity index (χ1n) is 6.13. The largest absolute Gasteiger partial charge is 0.336 e. The molecule has 0 aromatic carbocycles. The standard InChI is InChI=1S/C13H20N2OS/c1-9-7-11(17-10(9)2)8-15-6-4-5-12(14-3)13(15)16/h7,12,14H,4-6,8H2,1-3H3. The molecule has 4 heteroatoms. The van der Waals surface area contributed by atoms with Gasteiger partial charge in [0.05, 0.1) is 12.6 Å². The van der Waals surface area contributed by atoms with E-state index in [-0.39, 0.29) is 11.9 Å². The highest BCUT2D eigenvalue weighted by Gasteiger charge is 2.27. The summed E-state index contributed by atoms with van der Waals surface area (Å²) in [6.45, 7) is 5.94. The number of likely N-dealkylation sites (tertiary alicyclic amines) is 1. The lowest BCUT2D eigenvalue weighted by Gasteiger charge is -2.31. The van der Waals surface area contributed by atoms with E-state index in [0.717, 1.165) is 25.9 Å². The maximum Gasteiger partial charge on any atom is 0.240 e. The van der Waals surface area contributed by atoms with Gasteiger partial charge in [-0.2, -0.15) is 0 Å². The van der Waals surface area contributed by atoms with Crippen molar-refractivity contribution in [2.75, 3.05) is 13.6 Å². The number of hydrogen-bond acceptors (Lipinski definition) is 3. The van der Waals surface area contributed by atoms with Crippen molar-refractivity contribution in [1.29, 1.82) is 0 Å². The Labute approximate surface area is 107 Å². The van der Waals surface area contributed by atoms with Crippen molar-refractivity contribution >= 4 is 17.2 Å². The molecule has 0 saturated carbocycles. The summed E-state index contributed by atoms with van der Waals surface area (Å²) in [5.74, 6) is 0.252. The van der Waals surface area contributed by atoms with Gasteiger partial charge in [0, 0.05) is 16.3 Å². The summed E-state index contributed by atoms with van der Waals surface area (Å²) in [6, 6.07) is 2.22. The van der Waals surface area contributed by atoms with E-state index in [1.54, 1.807) is 11.3 Å². The number of amides is 1. The average Bonchev–Trinajstić information content (AvgIpc) is 2.61. The van der Waals surface area contributed by atoms with Crippen LogP contribution in [0.25, 0.3) is 0 Å². The number of carbonyl (C=O) groups excluding carboxylic acids is 1. The smallest absolute Gasteiger partial charge is 0.240 e. The molecule has 0 spiro atoms. The van der Waals surface area contributed by atoms with Gasteiger partial charge in [-0.25, -0.2) is 0 Å². The number of nitrogens with one attached hydrogen (secondary N) is 1. The molecule has 1 aliphatic heterocycles. The second kappa shape index (κ2) is 5.19. The van der Waals surface area contributed by atoms with Gasteiger partial charge in [0.1, 0.15) is 0 Å². The lowest BCUT2D eigenvalue weighted by molar-refractivity contribution is -0.136. The van der Waals surface area contributed by atoms with E-state index in [4.69, 9.17) is 0 Å². The first-order valence-corrected chi connectivity index (χ1v) is 6.95. The third kappa shape index (κ3) is 2.69. The minimum atomic E-state index is 0.0194. The zero-order valence-electron chi connectivity index (χ0n) is 10.7. The molecule has 1 N–H and O–H groups in total. The Kier molecular flexibility index (Phi) is 3.84. The fraction of sp³-hybridized carbons (Fsp3) is 0.615. The van der Waals surface area contributed by atoms with Crippen LogP contribution in [-0.4, -0.2) is 30.4 Å². The molecule has 1 aromatic heterocycles. The van der Waals surface area contributed by atoms with Gasteiger partial charge in [-0.1, -0.05) is 0 Å². The predicted octanol–water partition coefficient (Wildman–Crippen LogP) is 2.08. The van der Waals surface area contributed by atoms with E-state index in [2.05, 4.69) is 25.2 Å². The van der Waals surface area contributed by atoms with Crippen LogP contribution in [0.5, 0.6) is 0 Å². The van der Waals surface area contributed by atoms with Crippen molar-refractivity contribution in [3.05, 3.63) is 21.4 Å². The molecule has 1 fully saturated rings. The highest BCUT2D eigenvalue weighted by Crippen LogP contribution is 2.23. The van der Waals surface area contributed by atoms with E-state index in [1.807, 2.05) is 11.9 Å². The second-order valence-electron chi connectivity index (χ2n) is 4.70. The Morgan fingerprint density at radius 1 is 1.53 bits per heavy atom. The van der Waals surface area contributed by atoms with Gasteiger partial charge < -0.3 is 10.2 Å². The SMILES string of the molecule is CNC1CCCN(Cc2cc(C)c(C)s2)C1=O. The average molecular weight is 252 g/mol. The molecule has 0 aliphatic carbocycles. The summed E-state index contributed by atoms with van der Waals surface area (Å²) in [5, 5.41) is 3.10. The predicted molar refractivity (Wildman–Crippen MR) is 71.3 cm³/mol. The van der Waals surface area contributed by atoms with Gasteiger partial charge >= 0.3 is 0 Å². The van der Waals surface area contributed by atoms with E-state index < -0.39 is 0 Å². The van der Waals surface area contributed by atoms with Crippen LogP contribution in [0, 0.1) is 13.8 Å². The van der Waals surface area contributed by atoms with Crippen molar-refractivity contribution in [2.24, 2.45) is 0 Å². The van der Waals surface area contributed by atoms with Gasteiger partial charge in [0.15, 0.2) is 0 Å². The maximum absolute atomic E-state index is 12.1. The quantitative estimate of drug-likeness (QED) is 0.893. The molecule has 1 saturated heterocycles. The minimum absolute atomic E-state index is 0.0194. The molecule has 94 valence electrons. The molecule has 1 aliphatic rings. The van der Waals surface area contributed by atoms with Crippen LogP contribution in [0.1, 0.15) is 28.2 Å². The van der Waals surface area contributed by atoms with E-state index in [9.17, 15) is 4.79 Å². The molecule has 1 amide bonds. The number of thiophene rings is 1. The zero-order chi connectivity index (χ0) is 12.4. The van der Waals surface area contributed by atoms with Crippen molar-refractivity contribution in [3.63, 3.8) is 0 Å². The normalized spacial score (nSPS) is 21.0. The molecule has 1 atom stereocenters. The van der Waals surface area contributed by atoms with Crippen molar-refractivity contribution in [3.8, 4) is 0 Å². The zero-order valence-corrected chi connectivity index (χ0v) is 11.6. The van der Waals surface area contributed by atoms with Crippen LogP contribution in [0.4, 0.5) is 0 Å². The molecule has 17 heavy (non-hydrogen) atoms. The summed E-state index contributed by atoms with van der Waals surface area (Å²) >= 11 is 1.80. The van der Waals surface area contributed by atoms with Crippen LogP contribution < -0.4 is 5.32 Å². The van der Waals surface area contributed by atoms with Gasteiger partial charge in [-0.15, -0.1) is 11.3 Å². The van der Waals surface area contributed by atoms with Crippen LogP contribution in [-0.2, 0) is 11.3 Å². The van der Waals surface area contributed by atoms with Crippen molar-refractivity contribution in [2.45, 2.75) is 39.3 Å². The van der Waals surface area contributed by atoms with Crippen LogP contribution >= 0.6 is 11.3 Å². The Balaban J connectivity index is 2.05. The monoisotopic (exact) mass is 252 g/mol. The van der Waals surface area contributed by atoms with Gasteiger partial charge in [-0.05, 0) is 45.4 Å². The fourth-order valence-electron chi connectivity index (χ4n) is 2.28. The molecule has 0 radical (unpaired) electrons. The molecule has 1 aromatic rings. The molecule has 3 nitrogen and oxygen atoms in total. The van der Waals surface area contributed by atoms with Gasteiger partial charge in [0.25, 0.3) is 0 Å². The number of rotatable bonds is 3. The number of piperidine rings is 1. The number of carbonyl (C=O) groups is 1. The third-order valence-corrected chi connectivity index (χ3v) is 4.58. The highest BCUT2D eigenvalue weighted by molar-refractivity contribution is 7.12. The first-order chi connectivity index (χ1) is 8.11. The van der Waals surface area contributed by atoms with Gasteiger partial charge in [0.2, 0.25) is 5.91 Å². The summed E-state index contributed by atoms with van der Waals surface area (Å²) in [4.78, 5) is 16.8. The van der Waals surface area contributed by atoms with E-state index in [0.29, 0.717) is 0 Å². The number of hydrogen-bond donors (Lipinski definition) is 1. The molecular formula is C13H20N2OS.